The lowest BCUT2D eigenvalue weighted by atomic mass is 9.92. The van der Waals surface area contributed by atoms with Gasteiger partial charge in [-0.1, -0.05) is 47.5 Å². The molecule has 1 aromatic carbocycles. The zero-order valence-electron chi connectivity index (χ0n) is 18.7. The summed E-state index contributed by atoms with van der Waals surface area (Å²) in [7, 11) is 1.59. The molecule has 0 fully saturated rings. The van der Waals surface area contributed by atoms with Crippen molar-refractivity contribution in [3.8, 4) is 5.75 Å². The minimum Gasteiger partial charge on any atom is -0.497 e. The van der Waals surface area contributed by atoms with Gasteiger partial charge in [0.1, 0.15) is 18.0 Å². The fourth-order valence-corrected chi connectivity index (χ4v) is 3.29. The molecule has 1 aromatic heterocycles. The number of unbranched alkanes of at least 4 members (excludes halogenated alkanes) is 2. The molecule has 2 aromatic rings. The number of methoxy groups -OCH3 is 1. The van der Waals surface area contributed by atoms with Crippen LogP contribution in [0.5, 0.6) is 5.75 Å². The number of carbonyl (C=O) groups is 1. The summed E-state index contributed by atoms with van der Waals surface area (Å²) < 4.78 is 6.90. The van der Waals surface area contributed by atoms with Crippen LogP contribution in [0.1, 0.15) is 66.0 Å². The summed E-state index contributed by atoms with van der Waals surface area (Å²) in [6.45, 7) is 11.6. The highest BCUT2D eigenvalue weighted by atomic mass is 16.5. The molecule has 0 atom stereocenters. The second-order valence-electron chi connectivity index (χ2n) is 8.54. The van der Waals surface area contributed by atoms with E-state index in [0.29, 0.717) is 22.5 Å². The zero-order valence-corrected chi connectivity index (χ0v) is 18.7. The van der Waals surface area contributed by atoms with E-state index in [1.54, 1.807) is 17.7 Å². The van der Waals surface area contributed by atoms with E-state index in [1.807, 2.05) is 37.8 Å². The van der Waals surface area contributed by atoms with Crippen molar-refractivity contribution in [3.05, 3.63) is 34.2 Å². The van der Waals surface area contributed by atoms with Gasteiger partial charge in [-0.05, 0) is 25.0 Å². The predicted octanol–water partition coefficient (Wildman–Crippen LogP) is 4.13. The van der Waals surface area contributed by atoms with Gasteiger partial charge in [-0.2, -0.15) is 0 Å². The van der Waals surface area contributed by atoms with Gasteiger partial charge in [0.05, 0.1) is 18.1 Å². The molecule has 0 bridgehead atoms. The lowest BCUT2D eigenvalue weighted by Gasteiger charge is -2.24. The zero-order chi connectivity index (χ0) is 21.6. The maximum Gasteiger partial charge on any atom is 0.273 e. The van der Waals surface area contributed by atoms with Crippen LogP contribution in [0.4, 0.5) is 0 Å². The van der Waals surface area contributed by atoms with Crippen molar-refractivity contribution in [2.75, 3.05) is 20.2 Å². The standard InChI is InChI=1S/C23H35N3O3/c1-7-9-13-25(14-10-8-2)20(27)16-26-19-15-17(29-6)11-12-18(19)24-21(22(26)28)23(3,4)5/h11-12,15H,7-10,13-14,16H2,1-6H3. The number of hydrogen-bond donors (Lipinski definition) is 0. The highest BCUT2D eigenvalue weighted by Gasteiger charge is 2.24. The van der Waals surface area contributed by atoms with Crippen LogP contribution in [0.3, 0.4) is 0 Å². The van der Waals surface area contributed by atoms with Crippen molar-refractivity contribution in [2.24, 2.45) is 0 Å². The highest BCUT2D eigenvalue weighted by Crippen LogP contribution is 2.23. The second kappa shape index (κ2) is 9.90. The van der Waals surface area contributed by atoms with E-state index in [-0.39, 0.29) is 18.0 Å². The van der Waals surface area contributed by atoms with Gasteiger partial charge in [0.2, 0.25) is 5.91 Å². The fourth-order valence-electron chi connectivity index (χ4n) is 3.29. The smallest absolute Gasteiger partial charge is 0.273 e. The Hall–Kier alpha value is -2.37. The normalized spacial score (nSPS) is 11.7. The Labute approximate surface area is 173 Å². The molecule has 0 aliphatic rings. The van der Waals surface area contributed by atoms with Gasteiger partial charge < -0.3 is 9.64 Å². The molecule has 0 saturated carbocycles. The van der Waals surface area contributed by atoms with E-state index < -0.39 is 5.41 Å². The number of nitrogens with zero attached hydrogens (tertiary/aromatic N) is 3. The molecule has 0 spiro atoms. The third kappa shape index (κ3) is 5.58. The third-order valence-electron chi connectivity index (χ3n) is 5.07. The molecule has 0 radical (unpaired) electrons. The Morgan fingerprint density at radius 3 is 2.28 bits per heavy atom. The van der Waals surface area contributed by atoms with Crippen molar-refractivity contribution in [1.82, 2.24) is 14.5 Å². The van der Waals surface area contributed by atoms with Crippen LogP contribution >= 0.6 is 0 Å². The van der Waals surface area contributed by atoms with Crippen LogP contribution < -0.4 is 10.3 Å². The first kappa shape index (κ1) is 22.9. The average molecular weight is 402 g/mol. The Balaban J connectivity index is 2.54. The molecule has 29 heavy (non-hydrogen) atoms. The maximum atomic E-state index is 13.3. The molecule has 1 heterocycles. The van der Waals surface area contributed by atoms with E-state index in [2.05, 4.69) is 18.8 Å². The van der Waals surface area contributed by atoms with Crippen molar-refractivity contribution >= 4 is 16.9 Å². The van der Waals surface area contributed by atoms with Crippen molar-refractivity contribution in [2.45, 2.75) is 72.3 Å². The number of hydrogen-bond acceptors (Lipinski definition) is 4. The van der Waals surface area contributed by atoms with Crippen LogP contribution in [0.25, 0.3) is 11.0 Å². The number of amides is 1. The Morgan fingerprint density at radius 2 is 1.76 bits per heavy atom. The van der Waals surface area contributed by atoms with Crippen LogP contribution in [0.2, 0.25) is 0 Å². The number of ether oxygens (including phenoxy) is 1. The molecule has 2 rings (SSSR count). The topological polar surface area (TPSA) is 64.4 Å². The van der Waals surface area contributed by atoms with Crippen molar-refractivity contribution in [3.63, 3.8) is 0 Å². The number of aromatic nitrogens is 2. The molecule has 1 amide bonds. The highest BCUT2D eigenvalue weighted by molar-refractivity contribution is 5.81. The molecule has 160 valence electrons. The first-order chi connectivity index (χ1) is 13.7. The second-order valence-corrected chi connectivity index (χ2v) is 8.54. The molecule has 6 heteroatoms. The molecule has 0 unspecified atom stereocenters. The quantitative estimate of drug-likeness (QED) is 0.634. The summed E-state index contributed by atoms with van der Waals surface area (Å²) >= 11 is 0. The van der Waals surface area contributed by atoms with Crippen LogP contribution in [0, 0.1) is 0 Å². The minimum atomic E-state index is -0.417. The molecule has 0 aliphatic heterocycles. The number of benzene rings is 1. The van der Waals surface area contributed by atoms with Gasteiger partial charge in [0, 0.05) is 24.6 Å². The summed E-state index contributed by atoms with van der Waals surface area (Å²) in [4.78, 5) is 33.0. The molecular formula is C23H35N3O3. The molecule has 0 saturated heterocycles. The summed E-state index contributed by atoms with van der Waals surface area (Å²) in [6.07, 6.45) is 3.98. The number of carbonyl (C=O) groups excluding carboxylic acids is 1. The lowest BCUT2D eigenvalue weighted by molar-refractivity contribution is -0.132. The van der Waals surface area contributed by atoms with Gasteiger partial charge in [0.15, 0.2) is 0 Å². The first-order valence-corrected chi connectivity index (χ1v) is 10.6. The Morgan fingerprint density at radius 1 is 1.14 bits per heavy atom. The molecule has 0 aliphatic carbocycles. The fraction of sp³-hybridized carbons (Fsp3) is 0.609. The molecular weight excluding hydrogens is 366 g/mol. The summed E-state index contributed by atoms with van der Waals surface area (Å²) in [5, 5.41) is 0. The summed E-state index contributed by atoms with van der Waals surface area (Å²) in [5.74, 6) is 0.612. The SMILES string of the molecule is CCCCN(CCCC)C(=O)Cn1c(=O)c(C(C)(C)C)nc2ccc(OC)cc21. The van der Waals surface area contributed by atoms with Gasteiger partial charge in [-0.25, -0.2) is 4.98 Å². The van der Waals surface area contributed by atoms with E-state index in [0.717, 1.165) is 38.8 Å². The van der Waals surface area contributed by atoms with Gasteiger partial charge in [-0.15, -0.1) is 0 Å². The lowest BCUT2D eigenvalue weighted by Crippen LogP contribution is -2.40. The van der Waals surface area contributed by atoms with Crippen LogP contribution in [-0.2, 0) is 16.8 Å². The van der Waals surface area contributed by atoms with Crippen LogP contribution in [0.15, 0.2) is 23.0 Å². The van der Waals surface area contributed by atoms with E-state index >= 15 is 0 Å². The first-order valence-electron chi connectivity index (χ1n) is 10.6. The summed E-state index contributed by atoms with van der Waals surface area (Å²) in [5.41, 5.74) is 1.16. The van der Waals surface area contributed by atoms with Gasteiger partial charge in [-0.3, -0.25) is 14.2 Å². The predicted molar refractivity (Wildman–Crippen MR) is 118 cm³/mol. The molecule has 0 N–H and O–H groups in total. The largest absolute Gasteiger partial charge is 0.497 e. The minimum absolute atomic E-state index is 0.0154. The summed E-state index contributed by atoms with van der Waals surface area (Å²) in [6, 6.07) is 5.45. The molecule has 6 nitrogen and oxygen atoms in total. The Kier molecular flexibility index (Phi) is 7.82. The van der Waals surface area contributed by atoms with E-state index in [9.17, 15) is 9.59 Å². The van der Waals surface area contributed by atoms with E-state index in [4.69, 9.17) is 4.74 Å². The average Bonchev–Trinajstić information content (AvgIpc) is 2.68. The number of fused-ring (bicyclic) bond motifs is 1. The van der Waals surface area contributed by atoms with Crippen LogP contribution in [-0.4, -0.2) is 40.6 Å². The maximum absolute atomic E-state index is 13.3. The van der Waals surface area contributed by atoms with Gasteiger partial charge >= 0.3 is 0 Å². The monoisotopic (exact) mass is 401 g/mol. The Bertz CT molecular complexity index is 889. The third-order valence-corrected chi connectivity index (χ3v) is 5.07. The van der Waals surface area contributed by atoms with E-state index in [1.165, 1.54) is 0 Å². The van der Waals surface area contributed by atoms with Gasteiger partial charge in [0.25, 0.3) is 5.56 Å². The van der Waals surface area contributed by atoms with Crippen molar-refractivity contribution < 1.29 is 9.53 Å². The number of rotatable bonds is 9. The van der Waals surface area contributed by atoms with Crippen molar-refractivity contribution in [1.29, 1.82) is 0 Å².